The summed E-state index contributed by atoms with van der Waals surface area (Å²) in [5, 5.41) is 0. The fraction of sp³-hybridized carbons (Fsp3) is 0.455. The van der Waals surface area contributed by atoms with E-state index >= 15 is 0 Å². The predicted molar refractivity (Wildman–Crippen MR) is 67.6 cm³/mol. The zero-order chi connectivity index (χ0) is 11.4. The molecule has 0 aliphatic heterocycles. The third-order valence-electron chi connectivity index (χ3n) is 2.52. The van der Waals surface area contributed by atoms with Gasteiger partial charge in [0.15, 0.2) is 0 Å². The van der Waals surface area contributed by atoms with E-state index in [0.717, 1.165) is 15.9 Å². The summed E-state index contributed by atoms with van der Waals surface area (Å²) in [7, 11) is 3.69. The molecule has 0 aliphatic carbocycles. The second kappa shape index (κ2) is 5.37. The molecular formula is C11H17BrN2O. The molecule has 3 nitrogen and oxygen atoms in total. The van der Waals surface area contributed by atoms with Crippen molar-refractivity contribution in [3.8, 4) is 5.75 Å². The van der Waals surface area contributed by atoms with Gasteiger partial charge in [-0.05, 0) is 25.1 Å². The molecular weight excluding hydrogens is 256 g/mol. The number of hydrogen-bond acceptors (Lipinski definition) is 3. The molecule has 15 heavy (non-hydrogen) atoms. The van der Waals surface area contributed by atoms with Crippen molar-refractivity contribution in [2.75, 3.05) is 25.6 Å². The molecule has 0 aliphatic rings. The minimum atomic E-state index is 0.285. The molecule has 84 valence electrons. The van der Waals surface area contributed by atoms with Gasteiger partial charge in [0.25, 0.3) is 0 Å². The van der Waals surface area contributed by atoms with E-state index in [1.165, 1.54) is 0 Å². The van der Waals surface area contributed by atoms with Gasteiger partial charge < -0.3 is 15.4 Å². The number of nitrogens with two attached hydrogens (primary N) is 1. The summed E-state index contributed by atoms with van der Waals surface area (Å²) in [5.41, 5.74) is 6.69. The van der Waals surface area contributed by atoms with Gasteiger partial charge in [0.05, 0.1) is 12.8 Å². The van der Waals surface area contributed by atoms with Crippen LogP contribution < -0.4 is 15.4 Å². The number of nitrogens with zero attached hydrogens (tertiary/aromatic N) is 1. The fourth-order valence-electron chi connectivity index (χ4n) is 1.33. The molecule has 2 N–H and O–H groups in total. The normalized spacial score (nSPS) is 12.3. The Balaban J connectivity index is 3.05. The van der Waals surface area contributed by atoms with Crippen molar-refractivity contribution in [3.63, 3.8) is 0 Å². The first kappa shape index (κ1) is 12.3. The number of halogens is 1. The Bertz CT molecular complexity index is 330. The van der Waals surface area contributed by atoms with Crippen LogP contribution in [-0.2, 0) is 0 Å². The monoisotopic (exact) mass is 272 g/mol. The third-order valence-corrected chi connectivity index (χ3v) is 3.02. The molecule has 0 saturated heterocycles. The van der Waals surface area contributed by atoms with Crippen LogP contribution in [0.2, 0.25) is 0 Å². The quantitative estimate of drug-likeness (QED) is 0.914. The van der Waals surface area contributed by atoms with Gasteiger partial charge in [-0.2, -0.15) is 0 Å². The molecule has 0 fully saturated rings. The van der Waals surface area contributed by atoms with Crippen LogP contribution in [0.3, 0.4) is 0 Å². The highest BCUT2D eigenvalue weighted by Gasteiger charge is 2.13. The molecule has 4 heteroatoms. The van der Waals surface area contributed by atoms with Gasteiger partial charge >= 0.3 is 0 Å². The van der Waals surface area contributed by atoms with Crippen LogP contribution >= 0.6 is 15.9 Å². The maximum Gasteiger partial charge on any atom is 0.142 e. The molecule has 1 aromatic carbocycles. The lowest BCUT2D eigenvalue weighted by molar-refractivity contribution is 0.413. The minimum Gasteiger partial charge on any atom is -0.495 e. The van der Waals surface area contributed by atoms with E-state index in [4.69, 9.17) is 10.5 Å². The maximum absolute atomic E-state index is 5.65. The summed E-state index contributed by atoms with van der Waals surface area (Å²) in [6, 6.07) is 6.22. The van der Waals surface area contributed by atoms with Crippen LogP contribution in [0.5, 0.6) is 5.75 Å². The first-order valence-electron chi connectivity index (χ1n) is 4.86. The van der Waals surface area contributed by atoms with E-state index in [9.17, 15) is 0 Å². The Morgan fingerprint density at radius 3 is 2.73 bits per heavy atom. The number of ether oxygens (including phenoxy) is 1. The highest BCUT2D eigenvalue weighted by atomic mass is 79.9. The van der Waals surface area contributed by atoms with E-state index in [1.54, 1.807) is 7.11 Å². The number of anilines is 1. The van der Waals surface area contributed by atoms with Crippen LogP contribution in [0.4, 0.5) is 5.69 Å². The number of benzene rings is 1. The van der Waals surface area contributed by atoms with Gasteiger partial charge in [-0.15, -0.1) is 0 Å². The van der Waals surface area contributed by atoms with Crippen LogP contribution in [0.15, 0.2) is 22.7 Å². The van der Waals surface area contributed by atoms with Crippen molar-refractivity contribution >= 4 is 21.6 Å². The van der Waals surface area contributed by atoms with Crippen LogP contribution in [0, 0.1) is 0 Å². The molecule has 1 aromatic rings. The number of rotatable bonds is 4. The number of likely N-dealkylation sites (N-methyl/N-ethyl adjacent to an activating group) is 1. The molecule has 0 spiro atoms. The molecule has 0 bridgehead atoms. The molecule has 0 saturated carbocycles. The lowest BCUT2D eigenvalue weighted by atomic mass is 10.2. The van der Waals surface area contributed by atoms with Crippen molar-refractivity contribution in [1.82, 2.24) is 0 Å². The molecule has 0 heterocycles. The highest BCUT2D eigenvalue weighted by molar-refractivity contribution is 9.10. The summed E-state index contributed by atoms with van der Waals surface area (Å²) >= 11 is 3.45. The molecule has 1 rings (SSSR count). The van der Waals surface area contributed by atoms with E-state index in [0.29, 0.717) is 6.54 Å². The highest BCUT2D eigenvalue weighted by Crippen LogP contribution is 2.31. The van der Waals surface area contributed by atoms with Gasteiger partial charge in [-0.25, -0.2) is 0 Å². The average Bonchev–Trinajstić information content (AvgIpc) is 2.27. The van der Waals surface area contributed by atoms with E-state index in [-0.39, 0.29) is 6.04 Å². The van der Waals surface area contributed by atoms with Crippen LogP contribution in [-0.4, -0.2) is 26.7 Å². The van der Waals surface area contributed by atoms with Gasteiger partial charge in [0.1, 0.15) is 5.75 Å². The Kier molecular flexibility index (Phi) is 4.42. The number of methoxy groups -OCH3 is 1. The lowest BCUT2D eigenvalue weighted by Gasteiger charge is -2.27. The largest absolute Gasteiger partial charge is 0.495 e. The van der Waals surface area contributed by atoms with Crippen molar-refractivity contribution in [1.29, 1.82) is 0 Å². The second-order valence-corrected chi connectivity index (χ2v) is 4.43. The zero-order valence-electron chi connectivity index (χ0n) is 9.33. The smallest absolute Gasteiger partial charge is 0.142 e. The minimum absolute atomic E-state index is 0.285. The molecule has 0 amide bonds. The Morgan fingerprint density at radius 1 is 1.53 bits per heavy atom. The van der Waals surface area contributed by atoms with E-state index in [2.05, 4.69) is 27.8 Å². The van der Waals surface area contributed by atoms with E-state index in [1.807, 2.05) is 25.2 Å². The third kappa shape index (κ3) is 2.86. The van der Waals surface area contributed by atoms with Gasteiger partial charge in [-0.1, -0.05) is 15.9 Å². The average molecular weight is 273 g/mol. The Morgan fingerprint density at radius 2 is 2.20 bits per heavy atom. The lowest BCUT2D eigenvalue weighted by Crippen LogP contribution is -2.35. The topological polar surface area (TPSA) is 38.5 Å². The van der Waals surface area contributed by atoms with Gasteiger partial charge in [-0.3, -0.25) is 0 Å². The SMILES string of the molecule is COc1ccc(Br)cc1N(C)C(C)CN. The number of hydrogen-bond donors (Lipinski definition) is 1. The Labute approximate surface area is 99.3 Å². The predicted octanol–water partition coefficient (Wildman–Crippen LogP) is 2.24. The summed E-state index contributed by atoms with van der Waals surface area (Å²) in [6.07, 6.45) is 0. The fourth-order valence-corrected chi connectivity index (χ4v) is 1.68. The maximum atomic E-state index is 5.65. The first-order chi connectivity index (χ1) is 7.10. The first-order valence-corrected chi connectivity index (χ1v) is 5.66. The molecule has 0 aromatic heterocycles. The van der Waals surface area contributed by atoms with Crippen molar-refractivity contribution in [2.45, 2.75) is 13.0 Å². The summed E-state index contributed by atoms with van der Waals surface area (Å²) in [6.45, 7) is 2.70. The molecule has 1 unspecified atom stereocenters. The molecule has 0 radical (unpaired) electrons. The van der Waals surface area contributed by atoms with Gasteiger partial charge in [0, 0.05) is 24.1 Å². The van der Waals surface area contributed by atoms with Gasteiger partial charge in [0.2, 0.25) is 0 Å². The second-order valence-electron chi connectivity index (χ2n) is 3.51. The van der Waals surface area contributed by atoms with E-state index < -0.39 is 0 Å². The molecule has 1 atom stereocenters. The van der Waals surface area contributed by atoms with Crippen LogP contribution in [0.25, 0.3) is 0 Å². The van der Waals surface area contributed by atoms with Crippen molar-refractivity contribution in [3.05, 3.63) is 22.7 Å². The van der Waals surface area contributed by atoms with Crippen molar-refractivity contribution in [2.24, 2.45) is 5.73 Å². The zero-order valence-corrected chi connectivity index (χ0v) is 10.9. The summed E-state index contributed by atoms with van der Waals surface area (Å²) < 4.78 is 6.35. The summed E-state index contributed by atoms with van der Waals surface area (Å²) in [4.78, 5) is 2.11. The summed E-state index contributed by atoms with van der Waals surface area (Å²) in [5.74, 6) is 0.862. The van der Waals surface area contributed by atoms with Crippen molar-refractivity contribution < 1.29 is 4.74 Å². The Hall–Kier alpha value is -0.740. The standard InChI is InChI=1S/C11H17BrN2O/c1-8(7-13)14(2)10-6-9(12)4-5-11(10)15-3/h4-6,8H,7,13H2,1-3H3. The van der Waals surface area contributed by atoms with Crippen LogP contribution in [0.1, 0.15) is 6.92 Å².